The lowest BCUT2D eigenvalue weighted by atomic mass is 10.1. The van der Waals surface area contributed by atoms with Crippen molar-refractivity contribution in [3.05, 3.63) is 104 Å². The van der Waals surface area contributed by atoms with E-state index < -0.39 is 33.1 Å². The summed E-state index contributed by atoms with van der Waals surface area (Å²) in [6.07, 6.45) is 1.49. The summed E-state index contributed by atoms with van der Waals surface area (Å²) in [5.74, 6) is -1.71. The normalized spacial score (nSPS) is 14.0. The Morgan fingerprint density at radius 3 is 2.44 bits per heavy atom. The van der Waals surface area contributed by atoms with Crippen LogP contribution in [-0.2, 0) is 4.79 Å². The highest BCUT2D eigenvalue weighted by Crippen LogP contribution is 2.36. The van der Waals surface area contributed by atoms with E-state index in [9.17, 15) is 34.9 Å². The van der Waals surface area contributed by atoms with E-state index >= 15 is 0 Å². The van der Waals surface area contributed by atoms with Crippen molar-refractivity contribution < 1.29 is 29.3 Å². The fraction of sp³-hybridized carbons (Fsp3) is 0.0417. The Bertz CT molecular complexity index is 1490. The Labute approximate surface area is 202 Å². The number of ether oxygens (including phenoxy) is 1. The van der Waals surface area contributed by atoms with Crippen LogP contribution in [0.1, 0.15) is 22.8 Å². The number of nitro benzene ring substituents is 2. The van der Waals surface area contributed by atoms with Gasteiger partial charge in [-0.3, -0.25) is 25.0 Å². The van der Waals surface area contributed by atoms with E-state index in [-0.39, 0.29) is 28.3 Å². The smallest absolute Gasteiger partial charge is 0.335 e. The van der Waals surface area contributed by atoms with Gasteiger partial charge >= 0.3 is 11.7 Å². The lowest BCUT2D eigenvalue weighted by molar-refractivity contribution is -0.394. The molecule has 1 aliphatic heterocycles. The SMILES string of the molecule is CC1=NN(c2cccc(C(=O)O)c2)C(=O)C1=Cc1ccccc1Oc1ccc([N+](=O)[O-])cc1[N+](=O)[O-]. The molecule has 180 valence electrons. The molecule has 3 aromatic carbocycles. The largest absolute Gasteiger partial charge is 0.478 e. The number of rotatable bonds is 7. The van der Waals surface area contributed by atoms with Crippen molar-refractivity contribution in [3.63, 3.8) is 0 Å². The fourth-order valence-corrected chi connectivity index (χ4v) is 3.44. The van der Waals surface area contributed by atoms with E-state index in [0.29, 0.717) is 11.3 Å². The van der Waals surface area contributed by atoms with Gasteiger partial charge in [-0.05, 0) is 43.3 Å². The highest BCUT2D eigenvalue weighted by atomic mass is 16.6. The first-order chi connectivity index (χ1) is 17.2. The number of non-ortho nitro benzene ring substituents is 1. The van der Waals surface area contributed by atoms with Crippen LogP contribution < -0.4 is 9.75 Å². The first-order valence-electron chi connectivity index (χ1n) is 10.3. The summed E-state index contributed by atoms with van der Waals surface area (Å²) < 4.78 is 5.73. The van der Waals surface area contributed by atoms with Crippen LogP contribution >= 0.6 is 0 Å². The number of amides is 1. The topological polar surface area (TPSA) is 165 Å². The molecular weight excluding hydrogens is 472 g/mol. The maximum Gasteiger partial charge on any atom is 0.335 e. The van der Waals surface area contributed by atoms with Crippen LogP contribution in [0, 0.1) is 20.2 Å². The standard InChI is InChI=1S/C24H16N4O8/c1-14-19(23(29)26(25-14)17-7-4-6-16(11-17)24(30)31)12-15-5-2-3-8-21(15)36-22-10-9-18(27(32)33)13-20(22)28(34)35/h2-13H,1H3,(H,30,31). The number of hydrogen-bond acceptors (Lipinski definition) is 8. The van der Waals surface area contributed by atoms with Crippen LogP contribution in [-0.4, -0.2) is 32.5 Å². The summed E-state index contributed by atoms with van der Waals surface area (Å²) in [5, 5.41) is 37.0. The zero-order chi connectivity index (χ0) is 26.0. The first-order valence-corrected chi connectivity index (χ1v) is 10.3. The average molecular weight is 488 g/mol. The van der Waals surface area contributed by atoms with Gasteiger partial charge in [-0.2, -0.15) is 10.1 Å². The van der Waals surface area contributed by atoms with Gasteiger partial charge in [0.2, 0.25) is 5.75 Å². The van der Waals surface area contributed by atoms with Crippen LogP contribution in [0.15, 0.2) is 77.4 Å². The van der Waals surface area contributed by atoms with Gasteiger partial charge in [-0.25, -0.2) is 4.79 Å². The van der Waals surface area contributed by atoms with E-state index in [4.69, 9.17) is 4.74 Å². The third-order valence-electron chi connectivity index (χ3n) is 5.19. The molecular formula is C24H16N4O8. The molecule has 12 heteroatoms. The minimum absolute atomic E-state index is 0.00554. The van der Waals surface area contributed by atoms with E-state index in [1.54, 1.807) is 31.2 Å². The van der Waals surface area contributed by atoms with Crippen LogP contribution in [0.2, 0.25) is 0 Å². The Morgan fingerprint density at radius 1 is 1.00 bits per heavy atom. The molecule has 1 heterocycles. The zero-order valence-electron chi connectivity index (χ0n) is 18.5. The van der Waals surface area contributed by atoms with E-state index in [2.05, 4.69) is 5.10 Å². The van der Waals surface area contributed by atoms with Gasteiger partial charge in [0.25, 0.3) is 11.6 Å². The molecule has 3 aromatic rings. The number of hydrogen-bond donors (Lipinski definition) is 1. The van der Waals surface area contributed by atoms with E-state index in [0.717, 1.165) is 23.2 Å². The van der Waals surface area contributed by atoms with E-state index in [1.807, 2.05) is 0 Å². The predicted molar refractivity (Wildman–Crippen MR) is 128 cm³/mol. The first kappa shape index (κ1) is 23.8. The third kappa shape index (κ3) is 4.63. The van der Waals surface area contributed by atoms with Crippen molar-refractivity contribution in [2.24, 2.45) is 5.10 Å². The van der Waals surface area contributed by atoms with Crippen molar-refractivity contribution >= 4 is 40.7 Å². The predicted octanol–water partition coefficient (Wildman–Crippen LogP) is 4.80. The molecule has 1 N–H and O–H groups in total. The number of carbonyl (C=O) groups excluding carboxylic acids is 1. The summed E-state index contributed by atoms with van der Waals surface area (Å²) in [4.78, 5) is 45.3. The molecule has 0 aromatic heterocycles. The molecule has 0 saturated heterocycles. The molecule has 36 heavy (non-hydrogen) atoms. The van der Waals surface area contributed by atoms with Crippen molar-refractivity contribution in [2.75, 3.05) is 5.01 Å². The molecule has 0 atom stereocenters. The number of benzene rings is 3. The Balaban J connectivity index is 1.68. The third-order valence-corrected chi connectivity index (χ3v) is 5.19. The fourth-order valence-electron chi connectivity index (χ4n) is 3.44. The number of carbonyl (C=O) groups is 2. The van der Waals surface area contributed by atoms with Crippen LogP contribution in [0.4, 0.5) is 17.1 Å². The Morgan fingerprint density at radius 2 is 1.75 bits per heavy atom. The Kier molecular flexibility index (Phi) is 6.24. The summed E-state index contributed by atoms with van der Waals surface area (Å²) in [6.45, 7) is 1.61. The molecule has 0 bridgehead atoms. The minimum Gasteiger partial charge on any atom is -0.478 e. The lowest BCUT2D eigenvalue weighted by Gasteiger charge is -2.12. The molecule has 0 radical (unpaired) electrons. The van der Waals surface area contributed by atoms with Crippen molar-refractivity contribution in [2.45, 2.75) is 6.92 Å². The maximum atomic E-state index is 13.1. The number of nitro groups is 2. The summed E-state index contributed by atoms with van der Waals surface area (Å²) in [6, 6.07) is 15.2. The van der Waals surface area contributed by atoms with Gasteiger partial charge in [0.05, 0.1) is 38.4 Å². The molecule has 0 unspecified atom stereocenters. The second kappa shape index (κ2) is 9.46. The Hall–Kier alpha value is -5.39. The number of para-hydroxylation sites is 1. The van der Waals surface area contributed by atoms with Crippen LogP contribution in [0.3, 0.4) is 0 Å². The number of aromatic carboxylic acids is 1. The molecule has 0 fully saturated rings. The summed E-state index contributed by atoms with van der Waals surface area (Å²) in [7, 11) is 0. The second-order valence-corrected chi connectivity index (χ2v) is 7.52. The van der Waals surface area contributed by atoms with Crippen LogP contribution in [0.5, 0.6) is 11.5 Å². The number of anilines is 1. The van der Waals surface area contributed by atoms with Crippen molar-refractivity contribution in [1.82, 2.24) is 0 Å². The van der Waals surface area contributed by atoms with E-state index in [1.165, 1.54) is 30.3 Å². The zero-order valence-corrected chi connectivity index (χ0v) is 18.5. The molecule has 0 spiro atoms. The average Bonchev–Trinajstić information content (AvgIpc) is 3.13. The number of carboxylic acid groups (broad SMARTS) is 1. The van der Waals surface area contributed by atoms with Gasteiger partial charge in [0, 0.05) is 11.6 Å². The summed E-state index contributed by atoms with van der Waals surface area (Å²) in [5.41, 5.74) is 0.166. The molecule has 12 nitrogen and oxygen atoms in total. The number of carboxylic acids is 1. The van der Waals surface area contributed by atoms with Gasteiger partial charge in [-0.1, -0.05) is 24.3 Å². The van der Waals surface area contributed by atoms with Crippen molar-refractivity contribution in [3.8, 4) is 11.5 Å². The van der Waals surface area contributed by atoms with Crippen molar-refractivity contribution in [1.29, 1.82) is 0 Å². The molecule has 0 saturated carbocycles. The second-order valence-electron chi connectivity index (χ2n) is 7.52. The molecule has 4 rings (SSSR count). The maximum absolute atomic E-state index is 13.1. The van der Waals surface area contributed by atoms with Gasteiger partial charge in [0.15, 0.2) is 0 Å². The highest BCUT2D eigenvalue weighted by Gasteiger charge is 2.29. The van der Waals surface area contributed by atoms with Crippen LogP contribution in [0.25, 0.3) is 6.08 Å². The van der Waals surface area contributed by atoms with Gasteiger partial charge < -0.3 is 9.84 Å². The van der Waals surface area contributed by atoms with Gasteiger partial charge in [0.1, 0.15) is 5.75 Å². The monoisotopic (exact) mass is 488 g/mol. The van der Waals surface area contributed by atoms with Gasteiger partial charge in [-0.15, -0.1) is 0 Å². The number of hydrazone groups is 1. The minimum atomic E-state index is -1.15. The lowest BCUT2D eigenvalue weighted by Crippen LogP contribution is -2.21. The molecule has 0 aliphatic carbocycles. The quantitative estimate of drug-likeness (QED) is 0.281. The number of nitrogens with zero attached hydrogens (tertiary/aromatic N) is 4. The molecule has 1 aliphatic rings. The summed E-state index contributed by atoms with van der Waals surface area (Å²) >= 11 is 0. The molecule has 1 amide bonds. The highest BCUT2D eigenvalue weighted by molar-refractivity contribution is 6.32.